The molecule has 2 aliphatic heterocycles. The molecule has 0 saturated carbocycles. The number of nitrogens with zero attached hydrogens (tertiary/aromatic N) is 4. The third-order valence-electron chi connectivity index (χ3n) is 8.81. The average molecular weight is 576 g/mol. The van der Waals surface area contributed by atoms with Crippen LogP contribution in [0.4, 0.5) is 4.39 Å². The Morgan fingerprint density at radius 3 is 2.58 bits per heavy atom. The molecule has 1 N–H and O–H groups in total. The fourth-order valence-corrected chi connectivity index (χ4v) is 6.49. The molecule has 1 atom stereocenters. The van der Waals surface area contributed by atoms with Gasteiger partial charge >= 0.3 is 0 Å². The van der Waals surface area contributed by atoms with Crippen LogP contribution >= 0.6 is 0 Å². The molecule has 1 unspecified atom stereocenters. The topological polar surface area (TPSA) is 74.4 Å². The Labute approximate surface area is 250 Å². The van der Waals surface area contributed by atoms with E-state index in [-0.39, 0.29) is 5.91 Å². The Bertz CT molecular complexity index is 1760. The maximum atomic E-state index is 14.7. The summed E-state index contributed by atoms with van der Waals surface area (Å²) >= 11 is 0. The number of imidazole rings is 1. The van der Waals surface area contributed by atoms with Crippen LogP contribution in [0.25, 0.3) is 22.2 Å². The van der Waals surface area contributed by atoms with Crippen molar-refractivity contribution in [2.75, 3.05) is 26.7 Å². The number of ether oxygens (including phenoxy) is 1. The predicted molar refractivity (Wildman–Crippen MR) is 165 cm³/mol. The number of pyridine rings is 1. The lowest BCUT2D eigenvalue weighted by atomic mass is 9.88. The van der Waals surface area contributed by atoms with Crippen LogP contribution in [0.3, 0.4) is 0 Å². The first kappa shape index (κ1) is 27.3. The van der Waals surface area contributed by atoms with Gasteiger partial charge in [-0.2, -0.15) is 0 Å². The highest BCUT2D eigenvalue weighted by molar-refractivity contribution is 6.00. The van der Waals surface area contributed by atoms with Crippen molar-refractivity contribution < 1.29 is 13.9 Å². The van der Waals surface area contributed by atoms with Gasteiger partial charge in [-0.3, -0.25) is 9.78 Å². The van der Waals surface area contributed by atoms with E-state index < -0.39 is 11.9 Å². The summed E-state index contributed by atoms with van der Waals surface area (Å²) in [5, 5.41) is 0. The first-order chi connectivity index (χ1) is 21.0. The number of amides is 1. The van der Waals surface area contributed by atoms with Crippen molar-refractivity contribution in [3.05, 3.63) is 113 Å². The minimum absolute atomic E-state index is 0.130. The van der Waals surface area contributed by atoms with Crippen LogP contribution in [0.2, 0.25) is 0 Å². The number of likely N-dealkylation sites (tertiary alicyclic amines) is 1. The monoisotopic (exact) mass is 575 g/mol. The average Bonchev–Trinajstić information content (AvgIpc) is 3.60. The van der Waals surface area contributed by atoms with Gasteiger partial charge in [0.2, 0.25) is 0 Å². The number of aromatic nitrogens is 3. The molecule has 43 heavy (non-hydrogen) atoms. The predicted octanol–water partition coefficient (Wildman–Crippen LogP) is 6.72. The summed E-state index contributed by atoms with van der Waals surface area (Å²) in [6, 6.07) is 20.4. The highest BCUT2D eigenvalue weighted by atomic mass is 19.1. The molecular formula is C35H34FN5O2. The number of carbonyl (C=O) groups excluding carboxylic acids is 1. The summed E-state index contributed by atoms with van der Waals surface area (Å²) in [6.07, 6.45) is 5.73. The highest BCUT2D eigenvalue weighted by Crippen LogP contribution is 2.40. The van der Waals surface area contributed by atoms with E-state index in [0.717, 1.165) is 40.8 Å². The summed E-state index contributed by atoms with van der Waals surface area (Å²) in [5.41, 5.74) is 7.03. The number of carbonyl (C=O) groups is 1. The Balaban J connectivity index is 1.23. The van der Waals surface area contributed by atoms with Crippen molar-refractivity contribution in [3.8, 4) is 16.9 Å². The molecule has 2 aromatic heterocycles. The number of aromatic amines is 1. The molecule has 1 fully saturated rings. The second-order valence-corrected chi connectivity index (χ2v) is 11.5. The maximum Gasteiger partial charge on any atom is 0.255 e. The van der Waals surface area contributed by atoms with E-state index in [4.69, 9.17) is 9.72 Å². The first-order valence-corrected chi connectivity index (χ1v) is 14.9. The van der Waals surface area contributed by atoms with E-state index in [9.17, 15) is 9.18 Å². The third kappa shape index (κ3) is 5.16. The minimum atomic E-state index is -0.693. The molecule has 3 aromatic carbocycles. The summed E-state index contributed by atoms with van der Waals surface area (Å²) in [5.74, 6) is 1.10. The first-order valence-electron chi connectivity index (χ1n) is 14.9. The number of hydrogen-bond donors (Lipinski definition) is 1. The maximum absolute atomic E-state index is 14.7. The number of nitrogens with one attached hydrogen (secondary N) is 1. The third-order valence-corrected chi connectivity index (χ3v) is 8.81. The van der Waals surface area contributed by atoms with Crippen LogP contribution in [0.1, 0.15) is 64.6 Å². The van der Waals surface area contributed by atoms with Crippen molar-refractivity contribution in [3.63, 3.8) is 0 Å². The normalized spacial score (nSPS) is 16.5. The smallest absolute Gasteiger partial charge is 0.255 e. The summed E-state index contributed by atoms with van der Waals surface area (Å²) in [4.78, 5) is 30.6. The molecule has 218 valence electrons. The van der Waals surface area contributed by atoms with Crippen molar-refractivity contribution in [2.24, 2.45) is 0 Å². The lowest BCUT2D eigenvalue weighted by Gasteiger charge is -2.29. The van der Waals surface area contributed by atoms with Gasteiger partial charge in [-0.1, -0.05) is 36.4 Å². The van der Waals surface area contributed by atoms with E-state index in [1.807, 2.05) is 25.1 Å². The molecule has 7 nitrogen and oxygen atoms in total. The van der Waals surface area contributed by atoms with Gasteiger partial charge in [0.05, 0.1) is 23.8 Å². The quantitative estimate of drug-likeness (QED) is 0.233. The van der Waals surface area contributed by atoms with Gasteiger partial charge in [-0.15, -0.1) is 0 Å². The fourth-order valence-electron chi connectivity index (χ4n) is 6.49. The van der Waals surface area contributed by atoms with Crippen LogP contribution in [0.15, 0.2) is 79.1 Å². The summed E-state index contributed by atoms with van der Waals surface area (Å²) in [6.45, 7) is 4.91. The van der Waals surface area contributed by atoms with Crippen LogP contribution in [-0.4, -0.2) is 57.4 Å². The zero-order chi connectivity index (χ0) is 29.5. The van der Waals surface area contributed by atoms with E-state index in [0.29, 0.717) is 41.8 Å². The minimum Gasteiger partial charge on any atom is -0.493 e. The standard InChI is InChI=1S/C35H34FN5O2/c1-3-43-32-11-10-27(36)19-29(32)33(34-38-30-12-15-37-20-31(30)39-34)41-21-26-9-8-25(18-28(26)35(41)42)23-6-4-22(5-7-23)24-13-16-40(2)17-14-24/h4-12,15,18-20,24,33H,3,13-14,16-17,21H2,1-2H3,(H,38,39). The highest BCUT2D eigenvalue weighted by Gasteiger charge is 2.38. The van der Waals surface area contributed by atoms with E-state index in [2.05, 4.69) is 52.2 Å². The molecule has 1 amide bonds. The van der Waals surface area contributed by atoms with Gasteiger partial charge in [0, 0.05) is 23.9 Å². The molecule has 8 heteroatoms. The SMILES string of the molecule is CCOc1ccc(F)cc1C(c1nc2ccncc2[nH]1)N1Cc2ccc(-c3ccc(C4CCN(C)CC4)cc3)cc2C1=O. The van der Waals surface area contributed by atoms with Crippen molar-refractivity contribution in [1.29, 1.82) is 0 Å². The van der Waals surface area contributed by atoms with Crippen molar-refractivity contribution in [2.45, 2.75) is 38.3 Å². The molecule has 1 saturated heterocycles. The van der Waals surface area contributed by atoms with Gasteiger partial charge in [-0.05, 0) is 98.4 Å². The molecule has 0 spiro atoms. The zero-order valence-corrected chi connectivity index (χ0v) is 24.4. The zero-order valence-electron chi connectivity index (χ0n) is 24.4. The molecule has 2 aliphatic rings. The second kappa shape index (κ2) is 11.3. The molecular weight excluding hydrogens is 541 g/mol. The molecule has 0 bridgehead atoms. The summed E-state index contributed by atoms with van der Waals surface area (Å²) < 4.78 is 20.6. The second-order valence-electron chi connectivity index (χ2n) is 11.5. The lowest BCUT2D eigenvalue weighted by molar-refractivity contribution is 0.0723. The van der Waals surface area contributed by atoms with Crippen molar-refractivity contribution in [1.82, 2.24) is 24.8 Å². The van der Waals surface area contributed by atoms with Gasteiger partial charge in [0.15, 0.2) is 0 Å². The molecule has 5 aromatic rings. The number of hydrogen-bond acceptors (Lipinski definition) is 5. The number of fused-ring (bicyclic) bond motifs is 2. The van der Waals surface area contributed by atoms with Crippen LogP contribution < -0.4 is 4.74 Å². The Kier molecular flexibility index (Phi) is 7.15. The largest absolute Gasteiger partial charge is 0.493 e. The van der Waals surface area contributed by atoms with E-state index in [1.165, 1.54) is 30.5 Å². The lowest BCUT2D eigenvalue weighted by Crippen LogP contribution is -2.31. The number of piperidine rings is 1. The fraction of sp³-hybridized carbons (Fsp3) is 0.286. The van der Waals surface area contributed by atoms with Gasteiger partial charge in [0.1, 0.15) is 23.4 Å². The molecule has 0 radical (unpaired) electrons. The van der Waals surface area contributed by atoms with Crippen LogP contribution in [-0.2, 0) is 6.54 Å². The van der Waals surface area contributed by atoms with E-state index in [1.54, 1.807) is 23.4 Å². The number of H-pyrrole nitrogens is 1. The van der Waals surface area contributed by atoms with Crippen molar-refractivity contribution >= 4 is 16.9 Å². The van der Waals surface area contributed by atoms with Crippen LogP contribution in [0.5, 0.6) is 5.75 Å². The number of rotatable bonds is 7. The number of halogens is 1. The van der Waals surface area contributed by atoms with Crippen LogP contribution in [0, 0.1) is 5.82 Å². The van der Waals surface area contributed by atoms with Gasteiger partial charge in [0.25, 0.3) is 5.91 Å². The molecule has 0 aliphatic carbocycles. The van der Waals surface area contributed by atoms with Gasteiger partial charge in [-0.25, -0.2) is 9.37 Å². The molecule has 7 rings (SSSR count). The van der Waals surface area contributed by atoms with E-state index >= 15 is 0 Å². The number of benzene rings is 3. The Morgan fingerprint density at radius 1 is 1.02 bits per heavy atom. The Hall–Kier alpha value is -4.56. The van der Waals surface area contributed by atoms with Gasteiger partial charge < -0.3 is 19.5 Å². The summed E-state index contributed by atoms with van der Waals surface area (Å²) in [7, 11) is 2.18. The molecule has 4 heterocycles. The Morgan fingerprint density at radius 2 is 1.81 bits per heavy atom.